The molecule has 0 fully saturated rings. The Kier molecular flexibility index (Phi) is 2.97. The summed E-state index contributed by atoms with van der Waals surface area (Å²) in [7, 11) is 1.97. The average Bonchev–Trinajstić information content (AvgIpc) is 2.29. The van der Waals surface area contributed by atoms with Crippen molar-refractivity contribution in [3.8, 4) is 0 Å². The van der Waals surface area contributed by atoms with Crippen LogP contribution in [0.1, 0.15) is 5.56 Å². The summed E-state index contributed by atoms with van der Waals surface area (Å²) in [5, 5.41) is 2.83. The lowest BCUT2D eigenvalue weighted by Crippen LogP contribution is -2.36. The van der Waals surface area contributed by atoms with Gasteiger partial charge in [-0.25, -0.2) is 4.99 Å². The lowest BCUT2D eigenvalue weighted by atomic mass is 10.2. The number of hydrazine groups is 1. The van der Waals surface area contributed by atoms with Gasteiger partial charge in [0.1, 0.15) is 0 Å². The largest absolute Gasteiger partial charge is 0.294 e. The highest BCUT2D eigenvalue weighted by Gasteiger charge is 2.09. The molecule has 1 aliphatic rings. The van der Waals surface area contributed by atoms with Crippen molar-refractivity contribution < 1.29 is 0 Å². The van der Waals surface area contributed by atoms with Crippen LogP contribution < -0.4 is 5.43 Å². The predicted octanol–water partition coefficient (Wildman–Crippen LogP) is 2.15. The Labute approximate surface area is 93.9 Å². The van der Waals surface area contributed by atoms with Crippen molar-refractivity contribution in [2.45, 2.75) is 0 Å². The second-order valence-electron chi connectivity index (χ2n) is 3.22. The van der Waals surface area contributed by atoms with Gasteiger partial charge in [0.2, 0.25) is 0 Å². The summed E-state index contributed by atoms with van der Waals surface area (Å²) >= 11 is 1.60. The molecular formula is C11H13N3S. The molecule has 78 valence electrons. The number of thioether (sulfide) groups is 1. The molecule has 0 saturated carbocycles. The number of nitrogens with one attached hydrogen (secondary N) is 1. The molecule has 15 heavy (non-hydrogen) atoms. The summed E-state index contributed by atoms with van der Waals surface area (Å²) < 4.78 is 0. The van der Waals surface area contributed by atoms with E-state index in [-0.39, 0.29) is 0 Å². The van der Waals surface area contributed by atoms with Gasteiger partial charge in [0.25, 0.3) is 0 Å². The maximum atomic E-state index is 4.51. The van der Waals surface area contributed by atoms with E-state index in [1.165, 1.54) is 0 Å². The molecule has 1 heterocycles. The minimum absolute atomic E-state index is 0.916. The minimum Gasteiger partial charge on any atom is -0.294 e. The van der Waals surface area contributed by atoms with E-state index < -0.39 is 0 Å². The van der Waals surface area contributed by atoms with Crippen LogP contribution >= 0.6 is 11.8 Å². The van der Waals surface area contributed by atoms with E-state index in [0.29, 0.717) is 0 Å². The number of rotatable bonds is 1. The van der Waals surface area contributed by atoms with Crippen molar-refractivity contribution in [2.24, 2.45) is 4.99 Å². The molecule has 0 bridgehead atoms. The van der Waals surface area contributed by atoms with E-state index in [1.54, 1.807) is 11.8 Å². The number of nitrogens with zero attached hydrogens (tertiary/aromatic N) is 2. The van der Waals surface area contributed by atoms with Crippen LogP contribution in [0.4, 0.5) is 0 Å². The third kappa shape index (κ3) is 2.33. The molecule has 0 saturated heterocycles. The fourth-order valence-corrected chi connectivity index (χ4v) is 1.79. The third-order valence-corrected chi connectivity index (χ3v) is 2.64. The van der Waals surface area contributed by atoms with Crippen molar-refractivity contribution in [1.29, 1.82) is 0 Å². The molecule has 3 nitrogen and oxygen atoms in total. The van der Waals surface area contributed by atoms with E-state index in [2.05, 4.69) is 22.6 Å². The fraction of sp³-hybridized carbons (Fsp3) is 0.182. The van der Waals surface area contributed by atoms with Crippen LogP contribution in [-0.2, 0) is 0 Å². The number of benzene rings is 1. The first-order chi connectivity index (χ1) is 7.29. The summed E-state index contributed by atoms with van der Waals surface area (Å²) in [5.74, 6) is 0. The van der Waals surface area contributed by atoms with Gasteiger partial charge in [-0.05, 0) is 6.26 Å². The van der Waals surface area contributed by atoms with Gasteiger partial charge in [0.15, 0.2) is 5.17 Å². The summed E-state index contributed by atoms with van der Waals surface area (Å²) in [6.45, 7) is 0. The number of aliphatic imine (C=N–C) groups is 1. The van der Waals surface area contributed by atoms with Crippen molar-refractivity contribution in [3.05, 3.63) is 42.1 Å². The van der Waals surface area contributed by atoms with Gasteiger partial charge in [-0.15, -0.1) is 0 Å². The maximum absolute atomic E-state index is 4.51. The Hall–Kier alpha value is -1.42. The number of hydrogen-bond acceptors (Lipinski definition) is 4. The van der Waals surface area contributed by atoms with E-state index in [0.717, 1.165) is 16.4 Å². The molecule has 1 N–H and O–H groups in total. The summed E-state index contributed by atoms with van der Waals surface area (Å²) in [5.41, 5.74) is 5.26. The molecule has 0 amide bonds. The molecule has 0 aromatic heterocycles. The van der Waals surface area contributed by atoms with Crippen LogP contribution in [0.15, 0.2) is 41.5 Å². The Bertz CT molecular complexity index is 398. The van der Waals surface area contributed by atoms with E-state index >= 15 is 0 Å². The van der Waals surface area contributed by atoms with E-state index in [4.69, 9.17) is 0 Å². The maximum Gasteiger partial charge on any atom is 0.180 e. The van der Waals surface area contributed by atoms with Gasteiger partial charge in [0, 0.05) is 18.8 Å². The molecule has 4 heteroatoms. The first-order valence-electron chi connectivity index (χ1n) is 4.69. The lowest BCUT2D eigenvalue weighted by Gasteiger charge is -2.23. The van der Waals surface area contributed by atoms with Gasteiger partial charge < -0.3 is 0 Å². The van der Waals surface area contributed by atoms with Gasteiger partial charge >= 0.3 is 0 Å². The highest BCUT2D eigenvalue weighted by Crippen LogP contribution is 2.19. The molecule has 0 aliphatic carbocycles. The summed E-state index contributed by atoms with van der Waals surface area (Å²) in [4.78, 5) is 4.51. The quantitative estimate of drug-likeness (QED) is 0.784. The topological polar surface area (TPSA) is 27.6 Å². The van der Waals surface area contributed by atoms with Crippen LogP contribution in [0.3, 0.4) is 0 Å². The Balaban J connectivity index is 2.33. The monoisotopic (exact) mass is 219 g/mol. The Morgan fingerprint density at radius 1 is 1.27 bits per heavy atom. The van der Waals surface area contributed by atoms with Crippen LogP contribution in [0.5, 0.6) is 0 Å². The second-order valence-corrected chi connectivity index (χ2v) is 4.02. The van der Waals surface area contributed by atoms with Crippen LogP contribution in [0, 0.1) is 0 Å². The van der Waals surface area contributed by atoms with E-state index in [9.17, 15) is 0 Å². The molecule has 0 spiro atoms. The van der Waals surface area contributed by atoms with Crippen molar-refractivity contribution >= 4 is 22.6 Å². The minimum atomic E-state index is 0.916. The van der Waals surface area contributed by atoms with E-state index in [1.807, 2.05) is 42.7 Å². The van der Waals surface area contributed by atoms with Crippen LogP contribution in [-0.4, -0.2) is 23.5 Å². The van der Waals surface area contributed by atoms with Gasteiger partial charge in [-0.1, -0.05) is 42.1 Å². The fourth-order valence-electron chi connectivity index (χ4n) is 1.37. The number of amidine groups is 1. The number of hydrogen-bond donors (Lipinski definition) is 1. The highest BCUT2D eigenvalue weighted by molar-refractivity contribution is 8.13. The first-order valence-corrected chi connectivity index (χ1v) is 5.91. The highest BCUT2D eigenvalue weighted by atomic mass is 32.2. The van der Waals surface area contributed by atoms with Crippen molar-refractivity contribution in [2.75, 3.05) is 13.3 Å². The molecule has 1 aromatic carbocycles. The zero-order chi connectivity index (χ0) is 10.7. The van der Waals surface area contributed by atoms with Crippen molar-refractivity contribution in [3.63, 3.8) is 0 Å². The summed E-state index contributed by atoms with van der Waals surface area (Å²) in [6, 6.07) is 10.2. The van der Waals surface area contributed by atoms with Crippen LogP contribution in [0.25, 0.3) is 5.70 Å². The smallest absolute Gasteiger partial charge is 0.180 e. The van der Waals surface area contributed by atoms with Crippen LogP contribution in [0.2, 0.25) is 0 Å². The molecule has 0 atom stereocenters. The molecule has 0 unspecified atom stereocenters. The molecular weight excluding hydrogens is 206 g/mol. The molecule has 0 radical (unpaired) electrons. The Morgan fingerprint density at radius 2 is 2.00 bits per heavy atom. The molecule has 1 aliphatic heterocycles. The predicted molar refractivity (Wildman–Crippen MR) is 66.3 cm³/mol. The lowest BCUT2D eigenvalue weighted by molar-refractivity contribution is 0.409. The third-order valence-electron chi connectivity index (χ3n) is 2.07. The zero-order valence-electron chi connectivity index (χ0n) is 8.77. The molecule has 1 aromatic rings. The first kappa shape index (κ1) is 10.1. The van der Waals surface area contributed by atoms with Gasteiger partial charge in [-0.3, -0.25) is 10.4 Å². The van der Waals surface area contributed by atoms with Gasteiger partial charge in [0.05, 0.1) is 5.70 Å². The Morgan fingerprint density at radius 3 is 2.67 bits per heavy atom. The normalized spacial score (nSPS) is 15.5. The molecule has 2 rings (SSSR count). The summed E-state index contributed by atoms with van der Waals surface area (Å²) in [6.07, 6.45) is 3.99. The second kappa shape index (κ2) is 4.40. The van der Waals surface area contributed by atoms with Gasteiger partial charge in [-0.2, -0.15) is 0 Å². The SMILES string of the molecule is CSC1=NC(c2ccccc2)=CN(C)N1. The van der Waals surface area contributed by atoms with Crippen molar-refractivity contribution in [1.82, 2.24) is 10.4 Å². The standard InChI is InChI=1S/C11H13N3S/c1-14-8-10(12-11(13-14)15-2)9-6-4-3-5-7-9/h3-8H,1-2H3,(H,12,13). The zero-order valence-corrected chi connectivity index (χ0v) is 9.58. The average molecular weight is 219 g/mol.